The molecule has 3 nitrogen and oxygen atoms in total. The summed E-state index contributed by atoms with van der Waals surface area (Å²) >= 11 is 5.51. The minimum absolute atomic E-state index is 0.602. The fourth-order valence-corrected chi connectivity index (χ4v) is 5.57. The maximum atomic E-state index is 5.51. The number of hydrogen-bond acceptors (Lipinski definition) is 1. The fraction of sp³-hybridized carbons (Fsp3) is 0.947. The summed E-state index contributed by atoms with van der Waals surface area (Å²) in [4.78, 5) is 2.00. The van der Waals surface area contributed by atoms with Crippen LogP contribution in [0.5, 0.6) is 0 Å². The van der Waals surface area contributed by atoms with Gasteiger partial charge in [0.1, 0.15) is 0 Å². The predicted octanol–water partition coefficient (Wildman–Crippen LogP) is 2.41. The quantitative estimate of drug-likeness (QED) is 0.688. The van der Waals surface area contributed by atoms with Crippen molar-refractivity contribution in [2.24, 2.45) is 5.92 Å². The van der Waals surface area contributed by atoms with Gasteiger partial charge in [-0.2, -0.15) is 0 Å². The van der Waals surface area contributed by atoms with E-state index in [-0.39, 0.29) is 0 Å². The summed E-state index contributed by atoms with van der Waals surface area (Å²) < 4.78 is 0. The SMILES string of the molecule is CC(C)CNC(=S)NC1C[C@H]2CCC[C@@H](C1)[NH+]2C1CCCCC1. The van der Waals surface area contributed by atoms with E-state index in [4.69, 9.17) is 12.2 Å². The van der Waals surface area contributed by atoms with Crippen molar-refractivity contribution in [3.63, 3.8) is 0 Å². The van der Waals surface area contributed by atoms with E-state index in [9.17, 15) is 0 Å². The van der Waals surface area contributed by atoms with Crippen LogP contribution in [0.3, 0.4) is 0 Å². The Morgan fingerprint density at radius 1 is 0.957 bits per heavy atom. The van der Waals surface area contributed by atoms with Crippen molar-refractivity contribution in [1.82, 2.24) is 10.6 Å². The van der Waals surface area contributed by atoms with Gasteiger partial charge in [0.15, 0.2) is 5.11 Å². The van der Waals surface area contributed by atoms with Gasteiger partial charge in [0.05, 0.1) is 18.1 Å². The predicted molar refractivity (Wildman–Crippen MR) is 101 cm³/mol. The number of nitrogens with one attached hydrogen (secondary N) is 3. The number of quaternary nitrogens is 1. The molecule has 3 fully saturated rings. The molecule has 2 heterocycles. The van der Waals surface area contributed by atoms with Gasteiger partial charge in [0, 0.05) is 25.4 Å². The highest BCUT2D eigenvalue weighted by Gasteiger charge is 2.45. The maximum absolute atomic E-state index is 5.51. The van der Waals surface area contributed by atoms with E-state index >= 15 is 0 Å². The number of hydrogen-bond donors (Lipinski definition) is 3. The van der Waals surface area contributed by atoms with Crippen LogP contribution in [-0.2, 0) is 0 Å². The van der Waals surface area contributed by atoms with E-state index in [0.717, 1.165) is 29.8 Å². The summed E-state index contributed by atoms with van der Waals surface area (Å²) in [5.74, 6) is 0.645. The van der Waals surface area contributed by atoms with Gasteiger partial charge in [-0.05, 0) is 63.1 Å². The third-order valence-electron chi connectivity index (χ3n) is 6.27. The average Bonchev–Trinajstić information content (AvgIpc) is 2.53. The minimum Gasteiger partial charge on any atom is -0.362 e. The molecule has 2 bridgehead atoms. The van der Waals surface area contributed by atoms with Crippen molar-refractivity contribution in [1.29, 1.82) is 0 Å². The molecule has 132 valence electrons. The zero-order valence-corrected chi connectivity index (χ0v) is 15.9. The molecule has 2 aliphatic heterocycles. The number of piperidine rings is 2. The van der Waals surface area contributed by atoms with Crippen molar-refractivity contribution in [3.8, 4) is 0 Å². The van der Waals surface area contributed by atoms with Gasteiger partial charge in [-0.15, -0.1) is 0 Å². The zero-order chi connectivity index (χ0) is 16.2. The van der Waals surface area contributed by atoms with Crippen LogP contribution in [0.4, 0.5) is 0 Å². The second-order valence-corrected chi connectivity index (χ2v) is 8.98. The van der Waals surface area contributed by atoms with Crippen molar-refractivity contribution < 1.29 is 4.90 Å². The molecule has 3 rings (SSSR count). The number of fused-ring (bicyclic) bond motifs is 2. The fourth-order valence-electron chi connectivity index (χ4n) is 5.32. The van der Waals surface area contributed by atoms with E-state index in [1.54, 1.807) is 0 Å². The smallest absolute Gasteiger partial charge is 0.166 e. The van der Waals surface area contributed by atoms with Crippen LogP contribution in [0, 0.1) is 5.92 Å². The van der Waals surface area contributed by atoms with Crippen LogP contribution in [0.15, 0.2) is 0 Å². The Morgan fingerprint density at radius 2 is 1.57 bits per heavy atom. The van der Waals surface area contributed by atoms with E-state index < -0.39 is 0 Å². The van der Waals surface area contributed by atoms with Crippen molar-refractivity contribution in [3.05, 3.63) is 0 Å². The minimum atomic E-state index is 0.602. The Bertz CT molecular complexity index is 378. The molecular weight excluding hydrogens is 302 g/mol. The first-order valence-corrected chi connectivity index (χ1v) is 10.4. The van der Waals surface area contributed by atoms with Gasteiger partial charge in [-0.3, -0.25) is 0 Å². The van der Waals surface area contributed by atoms with Gasteiger partial charge in [-0.1, -0.05) is 20.3 Å². The lowest BCUT2D eigenvalue weighted by Crippen LogP contribution is -3.24. The van der Waals surface area contributed by atoms with E-state index in [0.29, 0.717) is 12.0 Å². The molecular formula is C19H36N3S+. The Hall–Kier alpha value is -0.350. The van der Waals surface area contributed by atoms with Crippen LogP contribution in [0.2, 0.25) is 0 Å². The van der Waals surface area contributed by atoms with Crippen LogP contribution in [0.1, 0.15) is 78.1 Å². The van der Waals surface area contributed by atoms with Crippen molar-refractivity contribution in [2.75, 3.05) is 6.54 Å². The second kappa shape index (κ2) is 8.15. The Kier molecular flexibility index (Phi) is 6.19. The lowest BCUT2D eigenvalue weighted by atomic mass is 9.78. The molecule has 0 aromatic carbocycles. The van der Waals surface area contributed by atoms with Crippen LogP contribution >= 0.6 is 12.2 Å². The first-order chi connectivity index (χ1) is 11.1. The Labute approximate surface area is 148 Å². The molecule has 0 amide bonds. The van der Waals surface area contributed by atoms with Gasteiger partial charge in [0.2, 0.25) is 0 Å². The van der Waals surface area contributed by atoms with Crippen molar-refractivity contribution >= 4 is 17.3 Å². The molecule has 0 aromatic heterocycles. The second-order valence-electron chi connectivity index (χ2n) is 8.58. The number of rotatable bonds is 4. The van der Waals surface area contributed by atoms with Gasteiger partial charge < -0.3 is 15.5 Å². The first kappa shape index (κ1) is 17.5. The normalized spacial score (nSPS) is 35.1. The molecule has 0 spiro atoms. The van der Waals surface area contributed by atoms with E-state index in [1.165, 1.54) is 64.2 Å². The molecule has 3 N–H and O–H groups in total. The highest BCUT2D eigenvalue weighted by Crippen LogP contribution is 2.26. The van der Waals surface area contributed by atoms with E-state index in [1.807, 2.05) is 4.90 Å². The Balaban J connectivity index is 1.54. The van der Waals surface area contributed by atoms with Gasteiger partial charge >= 0.3 is 0 Å². The van der Waals surface area contributed by atoms with Crippen molar-refractivity contribution in [2.45, 2.75) is 102 Å². The molecule has 3 aliphatic rings. The largest absolute Gasteiger partial charge is 0.362 e. The zero-order valence-electron chi connectivity index (χ0n) is 15.1. The third kappa shape index (κ3) is 4.60. The standard InChI is InChI=1S/C19H35N3S/c1-14(2)13-20-19(23)21-15-11-17-9-6-10-18(12-15)22(17)16-7-4-3-5-8-16/h14-18H,3-13H2,1-2H3,(H2,20,21,23)/p+1/t15?,17-,18+. The summed E-state index contributed by atoms with van der Waals surface area (Å²) in [5.41, 5.74) is 0. The van der Waals surface area contributed by atoms with Crippen LogP contribution < -0.4 is 15.5 Å². The highest BCUT2D eigenvalue weighted by molar-refractivity contribution is 7.80. The monoisotopic (exact) mass is 338 g/mol. The molecule has 0 radical (unpaired) electrons. The third-order valence-corrected chi connectivity index (χ3v) is 6.53. The summed E-state index contributed by atoms with van der Waals surface area (Å²) in [6.07, 6.45) is 14.4. The summed E-state index contributed by atoms with van der Waals surface area (Å²) in [5, 5.41) is 7.89. The van der Waals surface area contributed by atoms with E-state index in [2.05, 4.69) is 24.5 Å². The lowest BCUT2D eigenvalue weighted by Gasteiger charge is -2.50. The van der Waals surface area contributed by atoms with Gasteiger partial charge in [-0.25, -0.2) is 0 Å². The molecule has 1 aliphatic carbocycles. The molecule has 23 heavy (non-hydrogen) atoms. The molecule has 2 unspecified atom stereocenters. The Morgan fingerprint density at radius 3 is 2.17 bits per heavy atom. The lowest BCUT2D eigenvalue weighted by molar-refractivity contribution is -0.984. The summed E-state index contributed by atoms with van der Waals surface area (Å²) in [7, 11) is 0. The molecule has 4 atom stereocenters. The first-order valence-electron chi connectivity index (χ1n) is 10.0. The molecule has 4 heteroatoms. The summed E-state index contributed by atoms with van der Waals surface area (Å²) in [6, 6.07) is 3.34. The average molecular weight is 339 g/mol. The highest BCUT2D eigenvalue weighted by atomic mass is 32.1. The topological polar surface area (TPSA) is 28.5 Å². The van der Waals surface area contributed by atoms with Gasteiger partial charge in [0.25, 0.3) is 0 Å². The number of thiocarbonyl (C=S) groups is 1. The molecule has 2 saturated heterocycles. The van der Waals surface area contributed by atoms with Crippen LogP contribution in [0.25, 0.3) is 0 Å². The van der Waals surface area contributed by atoms with Crippen LogP contribution in [-0.4, -0.2) is 35.8 Å². The summed E-state index contributed by atoms with van der Waals surface area (Å²) in [6.45, 7) is 5.43. The molecule has 0 aromatic rings. The maximum Gasteiger partial charge on any atom is 0.166 e. The molecule has 1 saturated carbocycles.